The van der Waals surface area contributed by atoms with E-state index >= 15 is 0 Å². The predicted molar refractivity (Wildman–Crippen MR) is 148 cm³/mol. The number of likely N-dealkylation sites (tertiary alicyclic amines) is 1. The number of ketones is 1. The first kappa shape index (κ1) is 26.3. The molecule has 2 fully saturated rings. The Hall–Kier alpha value is -3.94. The fourth-order valence-electron chi connectivity index (χ4n) is 5.35. The zero-order chi connectivity index (χ0) is 27.6. The van der Waals surface area contributed by atoms with Gasteiger partial charge in [-0.05, 0) is 36.6 Å². The molecular formula is C27H29N7O5S. The maximum absolute atomic E-state index is 13.6. The van der Waals surface area contributed by atoms with Crippen LogP contribution in [0.4, 0.5) is 15.5 Å². The number of hydrazine groups is 1. The number of urea groups is 1. The van der Waals surface area contributed by atoms with Crippen LogP contribution in [-0.4, -0.2) is 72.9 Å². The lowest BCUT2D eigenvalue weighted by molar-refractivity contribution is -0.128. The minimum Gasteiger partial charge on any atom is -0.379 e. The molecule has 1 aromatic carbocycles. The predicted octanol–water partition coefficient (Wildman–Crippen LogP) is 3.57. The second-order valence-corrected chi connectivity index (χ2v) is 11.0. The number of benzene rings is 1. The highest BCUT2D eigenvalue weighted by Gasteiger charge is 2.42. The van der Waals surface area contributed by atoms with Crippen molar-refractivity contribution in [3.8, 4) is 0 Å². The van der Waals surface area contributed by atoms with Crippen LogP contribution in [0.5, 0.6) is 0 Å². The van der Waals surface area contributed by atoms with Crippen LogP contribution in [0.15, 0.2) is 46.1 Å². The highest BCUT2D eigenvalue weighted by atomic mass is 32.1. The van der Waals surface area contributed by atoms with Gasteiger partial charge < -0.3 is 20.3 Å². The third-order valence-corrected chi connectivity index (χ3v) is 8.30. The highest BCUT2D eigenvalue weighted by molar-refractivity contribution is 7.17. The number of anilines is 2. The molecule has 6 rings (SSSR count). The molecule has 1 aromatic heterocycles. The summed E-state index contributed by atoms with van der Waals surface area (Å²) in [6.45, 7) is 3.61. The van der Waals surface area contributed by atoms with E-state index < -0.39 is 12.1 Å². The van der Waals surface area contributed by atoms with Crippen molar-refractivity contribution < 1.29 is 23.9 Å². The minimum absolute atomic E-state index is 0.126. The number of hydrogen-bond acceptors (Lipinski definition) is 9. The molecule has 208 valence electrons. The van der Waals surface area contributed by atoms with Gasteiger partial charge in [0, 0.05) is 39.0 Å². The molecule has 4 amide bonds. The Kier molecular flexibility index (Phi) is 7.41. The van der Waals surface area contributed by atoms with E-state index in [4.69, 9.17) is 4.74 Å². The van der Waals surface area contributed by atoms with Crippen molar-refractivity contribution in [2.24, 2.45) is 10.2 Å². The average Bonchev–Trinajstić information content (AvgIpc) is 3.72. The van der Waals surface area contributed by atoms with Gasteiger partial charge in [0.2, 0.25) is 11.8 Å². The largest absolute Gasteiger partial charge is 0.379 e. The molecule has 0 spiro atoms. The van der Waals surface area contributed by atoms with Crippen LogP contribution in [0.3, 0.4) is 0 Å². The summed E-state index contributed by atoms with van der Waals surface area (Å²) in [5, 5.41) is 16.8. The Morgan fingerprint density at radius 3 is 2.73 bits per heavy atom. The molecule has 0 bridgehead atoms. The number of ether oxygens (including phenoxy) is 1. The molecule has 2 saturated heterocycles. The van der Waals surface area contributed by atoms with Gasteiger partial charge in [0.1, 0.15) is 11.7 Å². The smallest absolute Gasteiger partial charge is 0.333 e. The molecule has 0 radical (unpaired) electrons. The van der Waals surface area contributed by atoms with Crippen LogP contribution in [-0.2, 0) is 14.3 Å². The molecule has 13 heteroatoms. The van der Waals surface area contributed by atoms with Crippen molar-refractivity contribution in [2.75, 3.05) is 50.0 Å². The standard InChI is InChI=1S/C27H29N7O5S/c35-19(6-2-10-33-11-3-7-21(33)36)29-20-9-8-18(40-20)25-23-24(30-31-25)16-4-1-5-17(22(16)26(23)37)28-27(38)32-34-12-14-39-15-13-34/h1,4-5,8-9,24H,2-3,6-7,10-15H2,(H,29,35)(H2,28,32,38). The van der Waals surface area contributed by atoms with Gasteiger partial charge in [0.15, 0.2) is 5.78 Å². The minimum atomic E-state index is -0.532. The normalized spacial score (nSPS) is 20.2. The van der Waals surface area contributed by atoms with Crippen molar-refractivity contribution in [3.63, 3.8) is 0 Å². The topological polar surface area (TPSA) is 145 Å². The number of amides is 4. The number of hydrogen-bond donors (Lipinski definition) is 3. The molecule has 12 nitrogen and oxygen atoms in total. The van der Waals surface area contributed by atoms with Gasteiger partial charge in [-0.1, -0.05) is 12.1 Å². The number of carbonyl (C=O) groups is 4. The summed E-state index contributed by atoms with van der Waals surface area (Å²) in [5.41, 5.74) is 5.27. The summed E-state index contributed by atoms with van der Waals surface area (Å²) in [6.07, 6.45) is 2.40. The number of rotatable bonds is 8. The van der Waals surface area contributed by atoms with E-state index in [0.29, 0.717) is 85.2 Å². The van der Waals surface area contributed by atoms with E-state index in [1.807, 2.05) is 12.1 Å². The molecule has 4 aliphatic rings. The van der Waals surface area contributed by atoms with Gasteiger partial charge >= 0.3 is 6.03 Å². The van der Waals surface area contributed by atoms with Gasteiger partial charge in [-0.15, -0.1) is 11.3 Å². The quantitative estimate of drug-likeness (QED) is 0.448. The SMILES string of the molecule is O=C(CCCN1CCCC1=O)Nc1ccc(C2=C3C(=O)c4c(NC(=O)NN5CCOCC5)cccc4C3N=N2)s1. The summed E-state index contributed by atoms with van der Waals surface area (Å²) in [5.74, 6) is -0.193. The monoisotopic (exact) mass is 563 g/mol. The van der Waals surface area contributed by atoms with E-state index in [2.05, 4.69) is 26.3 Å². The number of nitrogens with one attached hydrogen (secondary N) is 3. The molecule has 1 atom stereocenters. The van der Waals surface area contributed by atoms with E-state index in [-0.39, 0.29) is 17.6 Å². The number of morpholine rings is 1. The number of carbonyl (C=O) groups excluding carboxylic acids is 4. The summed E-state index contributed by atoms with van der Waals surface area (Å²) in [4.78, 5) is 53.0. The summed E-state index contributed by atoms with van der Waals surface area (Å²) >= 11 is 1.33. The number of azo groups is 1. The van der Waals surface area contributed by atoms with E-state index in [1.54, 1.807) is 28.1 Å². The van der Waals surface area contributed by atoms with E-state index in [9.17, 15) is 19.2 Å². The first-order chi connectivity index (χ1) is 19.5. The Labute approximate surface area is 234 Å². The first-order valence-electron chi connectivity index (χ1n) is 13.4. The molecule has 3 aliphatic heterocycles. The third-order valence-electron chi connectivity index (χ3n) is 7.29. The molecule has 1 unspecified atom stereocenters. The molecular weight excluding hydrogens is 534 g/mol. The summed E-state index contributed by atoms with van der Waals surface area (Å²) < 4.78 is 5.31. The van der Waals surface area contributed by atoms with Crippen LogP contribution in [0.2, 0.25) is 0 Å². The van der Waals surface area contributed by atoms with E-state index in [1.165, 1.54) is 11.3 Å². The molecule has 1 aliphatic carbocycles. The maximum atomic E-state index is 13.6. The maximum Gasteiger partial charge on any atom is 0.333 e. The van der Waals surface area contributed by atoms with Gasteiger partial charge in [0.05, 0.1) is 39.9 Å². The fourth-order valence-corrected chi connectivity index (χ4v) is 6.27. The van der Waals surface area contributed by atoms with Crippen LogP contribution in [0.1, 0.15) is 52.5 Å². The molecule has 0 saturated carbocycles. The Bertz CT molecular complexity index is 1430. The Balaban J connectivity index is 1.12. The second kappa shape index (κ2) is 11.3. The second-order valence-electron chi connectivity index (χ2n) is 9.94. The van der Waals surface area contributed by atoms with Gasteiger partial charge in [-0.2, -0.15) is 10.2 Å². The average molecular weight is 564 g/mol. The van der Waals surface area contributed by atoms with Crippen molar-refractivity contribution in [1.82, 2.24) is 15.3 Å². The molecule has 4 heterocycles. The fraction of sp³-hybridized carbons (Fsp3) is 0.407. The number of fused-ring (bicyclic) bond motifs is 3. The van der Waals surface area contributed by atoms with Crippen molar-refractivity contribution in [2.45, 2.75) is 31.7 Å². The van der Waals surface area contributed by atoms with Gasteiger partial charge in [0.25, 0.3) is 0 Å². The summed E-state index contributed by atoms with van der Waals surface area (Å²) in [7, 11) is 0. The molecule has 2 aromatic rings. The van der Waals surface area contributed by atoms with Crippen molar-refractivity contribution in [3.05, 3.63) is 51.9 Å². The number of nitrogens with zero attached hydrogens (tertiary/aromatic N) is 4. The Morgan fingerprint density at radius 2 is 1.93 bits per heavy atom. The lowest BCUT2D eigenvalue weighted by Crippen LogP contribution is -2.49. The van der Waals surface area contributed by atoms with E-state index in [0.717, 1.165) is 17.8 Å². The van der Waals surface area contributed by atoms with Crippen LogP contribution >= 0.6 is 11.3 Å². The third kappa shape index (κ3) is 5.27. The van der Waals surface area contributed by atoms with Crippen LogP contribution < -0.4 is 16.1 Å². The number of Topliss-reactive ketones (excluding diaryl/α,β-unsaturated/α-hetero) is 1. The van der Waals surface area contributed by atoms with Crippen molar-refractivity contribution in [1.29, 1.82) is 0 Å². The lowest BCUT2D eigenvalue weighted by Gasteiger charge is -2.27. The van der Waals surface area contributed by atoms with Gasteiger partial charge in [-0.3, -0.25) is 19.8 Å². The zero-order valence-corrected chi connectivity index (χ0v) is 22.6. The zero-order valence-electron chi connectivity index (χ0n) is 21.8. The number of thiophene rings is 1. The van der Waals surface area contributed by atoms with Crippen molar-refractivity contribution >= 4 is 51.4 Å². The molecule has 40 heavy (non-hydrogen) atoms. The highest BCUT2D eigenvalue weighted by Crippen LogP contribution is 2.50. The van der Waals surface area contributed by atoms with Crippen LogP contribution in [0, 0.1) is 0 Å². The summed E-state index contributed by atoms with van der Waals surface area (Å²) in [6, 6.07) is 7.95. The first-order valence-corrected chi connectivity index (χ1v) is 14.2. The Morgan fingerprint density at radius 1 is 1.07 bits per heavy atom. The molecule has 3 N–H and O–H groups in total. The van der Waals surface area contributed by atoms with Gasteiger partial charge in [-0.25, -0.2) is 9.80 Å². The lowest BCUT2D eigenvalue weighted by atomic mass is 10.1. The van der Waals surface area contributed by atoms with Crippen LogP contribution in [0.25, 0.3) is 5.70 Å².